The number of rotatable bonds is 8. The van der Waals surface area contributed by atoms with Crippen molar-refractivity contribution in [3.63, 3.8) is 0 Å². The van der Waals surface area contributed by atoms with Crippen molar-refractivity contribution in [3.05, 3.63) is 56.7 Å². The molecule has 0 aliphatic heterocycles. The number of nitrogens with one attached hydrogen (secondary N) is 2. The van der Waals surface area contributed by atoms with E-state index in [2.05, 4.69) is 43.0 Å². The first-order valence-electron chi connectivity index (χ1n) is 7.75. The molecule has 128 valence electrons. The largest absolute Gasteiger partial charge is 0.370 e. The highest BCUT2D eigenvalue weighted by Gasteiger charge is 2.04. The summed E-state index contributed by atoms with van der Waals surface area (Å²) in [5.74, 6) is 0.368. The third-order valence-corrected chi connectivity index (χ3v) is 4.68. The highest BCUT2D eigenvalue weighted by molar-refractivity contribution is 9.10. The van der Waals surface area contributed by atoms with E-state index in [1.807, 2.05) is 18.2 Å². The molecule has 0 bridgehead atoms. The molecule has 0 spiro atoms. The Hall–Kier alpha value is -1.86. The summed E-state index contributed by atoms with van der Waals surface area (Å²) in [4.78, 5) is 17.5. The number of nitrogens with two attached hydrogens (primary N) is 1. The summed E-state index contributed by atoms with van der Waals surface area (Å²) < 4.78 is 0.890. The van der Waals surface area contributed by atoms with Crippen LogP contribution in [0.2, 0.25) is 0 Å². The Morgan fingerprint density at radius 1 is 1.21 bits per heavy atom. The van der Waals surface area contributed by atoms with Crippen molar-refractivity contribution in [2.45, 2.75) is 12.8 Å². The average Bonchev–Trinajstić information content (AvgIpc) is 3.07. The lowest BCUT2D eigenvalue weighted by Crippen LogP contribution is -2.33. The summed E-state index contributed by atoms with van der Waals surface area (Å²) in [5.41, 5.74) is 6.45. The van der Waals surface area contributed by atoms with Crippen LogP contribution in [0.3, 0.4) is 0 Å². The number of hydrogen-bond acceptors (Lipinski definition) is 3. The molecule has 0 radical (unpaired) electrons. The van der Waals surface area contributed by atoms with Gasteiger partial charge >= 0.3 is 0 Å². The Balaban J connectivity index is 1.58. The first-order chi connectivity index (χ1) is 11.6. The molecule has 0 aliphatic carbocycles. The average molecular weight is 409 g/mol. The number of guanidine groups is 1. The van der Waals surface area contributed by atoms with Crippen LogP contribution < -0.4 is 16.4 Å². The van der Waals surface area contributed by atoms with E-state index in [1.54, 1.807) is 23.5 Å². The topological polar surface area (TPSA) is 79.5 Å². The number of amides is 1. The zero-order valence-electron chi connectivity index (χ0n) is 13.3. The van der Waals surface area contributed by atoms with E-state index in [9.17, 15) is 4.79 Å². The molecule has 1 aromatic carbocycles. The molecule has 0 aliphatic rings. The number of carbonyl (C=O) groups is 1. The van der Waals surface area contributed by atoms with Gasteiger partial charge in [-0.1, -0.05) is 28.1 Å². The zero-order chi connectivity index (χ0) is 17.2. The monoisotopic (exact) mass is 408 g/mol. The molecule has 0 fully saturated rings. The third-order valence-electron chi connectivity index (χ3n) is 3.25. The molecule has 5 nitrogen and oxygen atoms in total. The van der Waals surface area contributed by atoms with Gasteiger partial charge in [0.05, 0.1) is 0 Å². The maximum Gasteiger partial charge on any atom is 0.251 e. The fourth-order valence-electron chi connectivity index (χ4n) is 2.04. The van der Waals surface area contributed by atoms with Crippen LogP contribution >= 0.6 is 27.3 Å². The Morgan fingerprint density at radius 3 is 2.83 bits per heavy atom. The van der Waals surface area contributed by atoms with Crippen LogP contribution in [0.5, 0.6) is 0 Å². The van der Waals surface area contributed by atoms with Crippen molar-refractivity contribution >= 4 is 39.1 Å². The quantitative estimate of drug-likeness (QED) is 0.356. The van der Waals surface area contributed by atoms with E-state index >= 15 is 0 Å². The number of nitrogens with zero attached hydrogens (tertiary/aromatic N) is 1. The predicted octanol–water partition coefficient (Wildman–Crippen LogP) is 2.78. The third kappa shape index (κ3) is 6.72. The summed E-state index contributed by atoms with van der Waals surface area (Å²) in [5, 5.41) is 8.03. The van der Waals surface area contributed by atoms with Crippen LogP contribution in [0, 0.1) is 0 Å². The normalized spacial score (nSPS) is 11.3. The molecule has 2 aromatic rings. The fourth-order valence-corrected chi connectivity index (χ4v) is 3.14. The van der Waals surface area contributed by atoms with Crippen LogP contribution in [0.4, 0.5) is 0 Å². The second-order valence-electron chi connectivity index (χ2n) is 5.14. The van der Waals surface area contributed by atoms with Crippen molar-refractivity contribution in [2.75, 3.05) is 19.6 Å². The van der Waals surface area contributed by atoms with Crippen molar-refractivity contribution in [1.29, 1.82) is 0 Å². The van der Waals surface area contributed by atoms with Gasteiger partial charge in [-0.2, -0.15) is 0 Å². The van der Waals surface area contributed by atoms with E-state index in [0.29, 0.717) is 24.6 Å². The van der Waals surface area contributed by atoms with Gasteiger partial charge in [0.1, 0.15) is 0 Å². The molecule has 0 saturated carbocycles. The Kier molecular flexibility index (Phi) is 7.77. The summed E-state index contributed by atoms with van der Waals surface area (Å²) in [6.07, 6.45) is 1.68. The van der Waals surface area contributed by atoms with Crippen LogP contribution in [-0.4, -0.2) is 31.5 Å². The minimum absolute atomic E-state index is 0.0812. The molecule has 24 heavy (non-hydrogen) atoms. The lowest BCUT2D eigenvalue weighted by atomic mass is 10.2. The van der Waals surface area contributed by atoms with E-state index < -0.39 is 0 Å². The minimum atomic E-state index is -0.0812. The molecule has 0 unspecified atom stereocenters. The van der Waals surface area contributed by atoms with E-state index in [1.165, 1.54) is 4.88 Å². The van der Waals surface area contributed by atoms with Gasteiger partial charge in [0.2, 0.25) is 0 Å². The SMILES string of the molecule is NC(=NCCCNC(=O)c1cccc(Br)c1)NCCc1cccs1. The van der Waals surface area contributed by atoms with Crippen LogP contribution in [0.25, 0.3) is 0 Å². The fraction of sp³-hybridized carbons (Fsp3) is 0.294. The van der Waals surface area contributed by atoms with Gasteiger partial charge in [-0.25, -0.2) is 0 Å². The van der Waals surface area contributed by atoms with Gasteiger partial charge < -0.3 is 16.4 Å². The lowest BCUT2D eigenvalue weighted by Gasteiger charge is -2.06. The number of benzene rings is 1. The van der Waals surface area contributed by atoms with Crippen molar-refractivity contribution in [2.24, 2.45) is 10.7 Å². The highest BCUT2D eigenvalue weighted by atomic mass is 79.9. The lowest BCUT2D eigenvalue weighted by molar-refractivity contribution is 0.0953. The molecule has 0 atom stereocenters. The van der Waals surface area contributed by atoms with E-state index in [4.69, 9.17) is 5.73 Å². The first kappa shape index (κ1) is 18.5. The number of halogens is 1. The minimum Gasteiger partial charge on any atom is -0.370 e. The Bertz CT molecular complexity index is 673. The molecule has 2 rings (SSSR count). The van der Waals surface area contributed by atoms with Crippen LogP contribution in [0.15, 0.2) is 51.2 Å². The van der Waals surface area contributed by atoms with Gasteiger partial charge in [-0.3, -0.25) is 9.79 Å². The zero-order valence-corrected chi connectivity index (χ0v) is 15.7. The number of aliphatic imine (C=N–C) groups is 1. The van der Waals surface area contributed by atoms with E-state index in [0.717, 1.165) is 23.9 Å². The number of carbonyl (C=O) groups excluding carboxylic acids is 1. The second kappa shape index (κ2) is 10.1. The second-order valence-corrected chi connectivity index (χ2v) is 7.09. The first-order valence-corrected chi connectivity index (χ1v) is 9.42. The summed E-state index contributed by atoms with van der Waals surface area (Å²) in [6.45, 7) is 1.92. The molecule has 4 N–H and O–H groups in total. The van der Waals surface area contributed by atoms with Crippen LogP contribution in [0.1, 0.15) is 21.7 Å². The molecule has 1 heterocycles. The van der Waals surface area contributed by atoms with Gasteiger partial charge in [-0.15, -0.1) is 11.3 Å². The van der Waals surface area contributed by atoms with E-state index in [-0.39, 0.29) is 5.91 Å². The van der Waals surface area contributed by atoms with Gasteiger partial charge in [0.25, 0.3) is 5.91 Å². The summed E-state index contributed by atoms with van der Waals surface area (Å²) in [6, 6.07) is 11.5. The predicted molar refractivity (Wildman–Crippen MR) is 104 cm³/mol. The molecular formula is C17H21BrN4OS. The maximum atomic E-state index is 11.9. The molecule has 1 aromatic heterocycles. The smallest absolute Gasteiger partial charge is 0.251 e. The highest BCUT2D eigenvalue weighted by Crippen LogP contribution is 2.11. The summed E-state index contributed by atoms with van der Waals surface area (Å²) in [7, 11) is 0. The summed E-state index contributed by atoms with van der Waals surface area (Å²) >= 11 is 5.09. The Labute approximate surface area is 154 Å². The number of hydrogen-bond donors (Lipinski definition) is 3. The van der Waals surface area contributed by atoms with Gasteiger partial charge in [0.15, 0.2) is 5.96 Å². The number of thiophene rings is 1. The maximum absolute atomic E-state index is 11.9. The molecular weight excluding hydrogens is 388 g/mol. The van der Waals surface area contributed by atoms with Crippen molar-refractivity contribution in [3.8, 4) is 0 Å². The Morgan fingerprint density at radius 2 is 2.08 bits per heavy atom. The molecule has 1 amide bonds. The standard InChI is InChI=1S/C17H21BrN4OS/c18-14-5-1-4-13(12-14)16(23)20-8-3-9-21-17(19)22-10-7-15-6-2-11-24-15/h1-2,4-6,11-12H,3,7-10H2,(H,20,23)(H3,19,21,22). The molecule has 7 heteroatoms. The van der Waals surface area contributed by atoms with Gasteiger partial charge in [-0.05, 0) is 42.5 Å². The molecule has 0 saturated heterocycles. The van der Waals surface area contributed by atoms with Gasteiger partial charge in [0, 0.05) is 34.5 Å². The van der Waals surface area contributed by atoms with Crippen LogP contribution in [-0.2, 0) is 6.42 Å². The van der Waals surface area contributed by atoms with Crippen molar-refractivity contribution < 1.29 is 4.79 Å². The van der Waals surface area contributed by atoms with Crippen molar-refractivity contribution in [1.82, 2.24) is 10.6 Å².